The lowest BCUT2D eigenvalue weighted by Crippen LogP contribution is -2.48. The molecular formula is C15H22ClNO2. The van der Waals surface area contributed by atoms with Crippen LogP contribution in [0.4, 0.5) is 0 Å². The molecule has 19 heavy (non-hydrogen) atoms. The topological polar surface area (TPSA) is 44.5 Å². The van der Waals surface area contributed by atoms with E-state index in [1.807, 2.05) is 32.0 Å². The van der Waals surface area contributed by atoms with Crippen molar-refractivity contribution in [2.45, 2.75) is 38.3 Å². The third-order valence-electron chi connectivity index (χ3n) is 3.89. The van der Waals surface area contributed by atoms with Gasteiger partial charge in [-0.15, -0.1) is 0 Å². The zero-order chi connectivity index (χ0) is 13.9. The van der Waals surface area contributed by atoms with Crippen LogP contribution in [0.1, 0.15) is 36.9 Å². The minimum atomic E-state index is -0.328. The van der Waals surface area contributed by atoms with Crippen LogP contribution >= 0.6 is 11.6 Å². The largest absolute Gasteiger partial charge is 0.381 e. The van der Waals surface area contributed by atoms with Crippen molar-refractivity contribution in [3.05, 3.63) is 34.3 Å². The van der Waals surface area contributed by atoms with Crippen molar-refractivity contribution in [3.63, 3.8) is 0 Å². The standard InChI is InChI=1S/C15H22ClNO2/c1-3-19-15(6-8-18-9-7-15)14(17)12-5-4-11(2)13(16)10-12/h4-5,10,14H,3,6-9,17H2,1-2H3. The van der Waals surface area contributed by atoms with E-state index in [0.29, 0.717) is 19.8 Å². The predicted molar refractivity (Wildman–Crippen MR) is 77.5 cm³/mol. The monoisotopic (exact) mass is 283 g/mol. The van der Waals surface area contributed by atoms with Crippen molar-refractivity contribution in [1.82, 2.24) is 0 Å². The first-order valence-corrected chi connectivity index (χ1v) is 7.20. The van der Waals surface area contributed by atoms with Crippen molar-refractivity contribution >= 4 is 11.6 Å². The molecule has 0 spiro atoms. The molecule has 3 nitrogen and oxygen atoms in total. The molecular weight excluding hydrogens is 262 g/mol. The summed E-state index contributed by atoms with van der Waals surface area (Å²) in [6, 6.07) is 5.84. The summed E-state index contributed by atoms with van der Waals surface area (Å²) in [5.74, 6) is 0. The Bertz CT molecular complexity index is 425. The molecule has 1 saturated heterocycles. The second kappa shape index (κ2) is 6.23. The van der Waals surface area contributed by atoms with E-state index in [1.54, 1.807) is 0 Å². The van der Waals surface area contributed by atoms with Crippen LogP contribution < -0.4 is 5.73 Å². The van der Waals surface area contributed by atoms with Crippen LogP contribution in [-0.2, 0) is 9.47 Å². The molecule has 1 aromatic rings. The van der Waals surface area contributed by atoms with Gasteiger partial charge in [0.2, 0.25) is 0 Å². The molecule has 0 aliphatic carbocycles. The van der Waals surface area contributed by atoms with E-state index in [-0.39, 0.29) is 11.6 Å². The molecule has 0 saturated carbocycles. The van der Waals surface area contributed by atoms with Gasteiger partial charge >= 0.3 is 0 Å². The molecule has 1 unspecified atom stereocenters. The third-order valence-corrected chi connectivity index (χ3v) is 4.30. The molecule has 1 heterocycles. The molecule has 4 heteroatoms. The fourth-order valence-electron chi connectivity index (χ4n) is 2.66. The highest BCUT2D eigenvalue weighted by atomic mass is 35.5. The van der Waals surface area contributed by atoms with Crippen LogP contribution in [-0.4, -0.2) is 25.4 Å². The van der Waals surface area contributed by atoms with E-state index in [2.05, 4.69) is 0 Å². The third kappa shape index (κ3) is 3.11. The first-order valence-electron chi connectivity index (χ1n) is 6.82. The molecule has 1 fully saturated rings. The fraction of sp³-hybridized carbons (Fsp3) is 0.600. The van der Waals surface area contributed by atoms with Crippen molar-refractivity contribution in [2.24, 2.45) is 5.73 Å². The fourth-order valence-corrected chi connectivity index (χ4v) is 2.84. The van der Waals surface area contributed by atoms with E-state index >= 15 is 0 Å². The van der Waals surface area contributed by atoms with E-state index in [9.17, 15) is 0 Å². The average Bonchev–Trinajstić information content (AvgIpc) is 2.42. The Balaban J connectivity index is 2.27. The average molecular weight is 284 g/mol. The summed E-state index contributed by atoms with van der Waals surface area (Å²) in [6.07, 6.45) is 1.65. The summed E-state index contributed by atoms with van der Waals surface area (Å²) < 4.78 is 11.4. The van der Waals surface area contributed by atoms with Crippen molar-refractivity contribution < 1.29 is 9.47 Å². The summed E-state index contributed by atoms with van der Waals surface area (Å²) in [5, 5.41) is 0.756. The van der Waals surface area contributed by atoms with Gasteiger partial charge in [0.25, 0.3) is 0 Å². The zero-order valence-electron chi connectivity index (χ0n) is 11.6. The Morgan fingerprint density at radius 1 is 1.42 bits per heavy atom. The molecule has 1 aliphatic rings. The molecule has 1 aromatic carbocycles. The van der Waals surface area contributed by atoms with Crippen LogP contribution in [0, 0.1) is 6.92 Å². The summed E-state index contributed by atoms with van der Waals surface area (Å²) >= 11 is 6.20. The molecule has 0 bridgehead atoms. The lowest BCUT2D eigenvalue weighted by molar-refractivity contribution is -0.121. The number of hydrogen-bond donors (Lipinski definition) is 1. The SMILES string of the molecule is CCOC1(C(N)c2ccc(C)c(Cl)c2)CCOCC1. The number of ether oxygens (including phenoxy) is 2. The van der Waals surface area contributed by atoms with Gasteiger partial charge in [-0.3, -0.25) is 0 Å². The van der Waals surface area contributed by atoms with Gasteiger partial charge in [-0.1, -0.05) is 23.7 Å². The highest BCUT2D eigenvalue weighted by molar-refractivity contribution is 6.31. The zero-order valence-corrected chi connectivity index (χ0v) is 12.4. The first kappa shape index (κ1) is 14.8. The van der Waals surface area contributed by atoms with E-state index < -0.39 is 0 Å². The smallest absolute Gasteiger partial charge is 0.0917 e. The predicted octanol–water partition coefficient (Wildman–Crippen LogP) is 3.23. The highest BCUT2D eigenvalue weighted by Gasteiger charge is 2.40. The molecule has 0 radical (unpaired) electrons. The Morgan fingerprint density at radius 3 is 2.68 bits per heavy atom. The minimum Gasteiger partial charge on any atom is -0.381 e. The molecule has 1 atom stereocenters. The van der Waals surface area contributed by atoms with Gasteiger partial charge < -0.3 is 15.2 Å². The normalized spacial score (nSPS) is 20.2. The Hall–Kier alpha value is -0.610. The Morgan fingerprint density at radius 2 is 2.11 bits per heavy atom. The van der Waals surface area contributed by atoms with Gasteiger partial charge in [-0.2, -0.15) is 0 Å². The number of benzene rings is 1. The van der Waals surface area contributed by atoms with E-state index in [1.165, 1.54) is 0 Å². The summed E-state index contributed by atoms with van der Waals surface area (Å²) in [4.78, 5) is 0. The minimum absolute atomic E-state index is 0.172. The van der Waals surface area contributed by atoms with Gasteiger partial charge in [0.1, 0.15) is 0 Å². The number of halogens is 1. The lowest BCUT2D eigenvalue weighted by Gasteiger charge is -2.41. The van der Waals surface area contributed by atoms with E-state index in [0.717, 1.165) is 29.0 Å². The number of rotatable bonds is 4. The second-order valence-corrected chi connectivity index (χ2v) is 5.50. The molecule has 1 aliphatic heterocycles. The van der Waals surface area contributed by atoms with Crippen molar-refractivity contribution in [1.29, 1.82) is 0 Å². The van der Waals surface area contributed by atoms with Crippen LogP contribution in [0.25, 0.3) is 0 Å². The maximum absolute atomic E-state index is 6.47. The van der Waals surface area contributed by atoms with Crippen molar-refractivity contribution in [2.75, 3.05) is 19.8 Å². The van der Waals surface area contributed by atoms with Gasteiger partial charge in [-0.25, -0.2) is 0 Å². The maximum atomic E-state index is 6.47. The molecule has 2 rings (SSSR count). The Kier molecular flexibility index (Phi) is 4.85. The first-order chi connectivity index (χ1) is 9.09. The highest BCUT2D eigenvalue weighted by Crippen LogP contribution is 2.37. The number of aryl methyl sites for hydroxylation is 1. The van der Waals surface area contributed by atoms with Gasteiger partial charge in [0.05, 0.1) is 11.6 Å². The van der Waals surface area contributed by atoms with E-state index in [4.69, 9.17) is 26.8 Å². The van der Waals surface area contributed by atoms with Gasteiger partial charge in [-0.05, 0) is 31.0 Å². The van der Waals surface area contributed by atoms with Crippen LogP contribution in [0.5, 0.6) is 0 Å². The molecule has 0 aromatic heterocycles. The molecule has 2 N–H and O–H groups in total. The van der Waals surface area contributed by atoms with Gasteiger partial charge in [0.15, 0.2) is 0 Å². The van der Waals surface area contributed by atoms with Crippen LogP contribution in [0.15, 0.2) is 18.2 Å². The Labute approximate surface area is 120 Å². The number of nitrogens with two attached hydrogens (primary N) is 1. The summed E-state index contributed by atoms with van der Waals surface area (Å²) in [5.41, 5.74) is 8.24. The number of hydrogen-bond acceptors (Lipinski definition) is 3. The quantitative estimate of drug-likeness (QED) is 0.923. The van der Waals surface area contributed by atoms with Gasteiger partial charge in [0, 0.05) is 37.7 Å². The molecule has 0 amide bonds. The maximum Gasteiger partial charge on any atom is 0.0917 e. The summed E-state index contributed by atoms with van der Waals surface area (Å²) in [7, 11) is 0. The summed E-state index contributed by atoms with van der Waals surface area (Å²) in [6.45, 7) is 6.06. The van der Waals surface area contributed by atoms with Crippen LogP contribution in [0.2, 0.25) is 5.02 Å². The molecule has 106 valence electrons. The van der Waals surface area contributed by atoms with Crippen molar-refractivity contribution in [3.8, 4) is 0 Å². The van der Waals surface area contributed by atoms with Crippen LogP contribution in [0.3, 0.4) is 0 Å². The lowest BCUT2D eigenvalue weighted by atomic mass is 9.82. The second-order valence-electron chi connectivity index (χ2n) is 5.10.